The molecule has 9 heteroatoms. The number of rotatable bonds is 8. The zero-order chi connectivity index (χ0) is 20.8. The van der Waals surface area contributed by atoms with Gasteiger partial charge in [-0.3, -0.25) is 0 Å². The highest BCUT2D eigenvalue weighted by atomic mass is 35.5. The summed E-state index contributed by atoms with van der Waals surface area (Å²) in [6.07, 6.45) is 0.431. The van der Waals surface area contributed by atoms with Crippen LogP contribution in [-0.2, 0) is 9.53 Å². The molecule has 1 aliphatic heterocycles. The Bertz CT molecular complexity index is 795. The average molecular weight is 431 g/mol. The van der Waals surface area contributed by atoms with E-state index in [2.05, 4.69) is 10.6 Å². The van der Waals surface area contributed by atoms with Crippen molar-refractivity contribution >= 4 is 35.2 Å². The molecule has 0 aliphatic carbocycles. The molecule has 0 aromatic heterocycles. The molecule has 2 rings (SSSR count). The fourth-order valence-corrected chi connectivity index (χ4v) is 3.60. The van der Waals surface area contributed by atoms with Crippen LogP contribution in [0.1, 0.15) is 45.7 Å². The summed E-state index contributed by atoms with van der Waals surface area (Å²) in [4.78, 5) is 24.9. The minimum Gasteiger partial charge on any atom is -0.492 e. The number of carbonyl (C=O) groups excluding carboxylic acids is 2. The van der Waals surface area contributed by atoms with Crippen LogP contribution in [0.5, 0.6) is 11.5 Å². The van der Waals surface area contributed by atoms with E-state index in [1.165, 1.54) is 0 Å². The van der Waals surface area contributed by atoms with Gasteiger partial charge in [0.15, 0.2) is 5.75 Å². The number of nitrogens with one attached hydrogen (secondary N) is 2. The zero-order valence-corrected chi connectivity index (χ0v) is 17.8. The Kier molecular flexibility index (Phi) is 7.83. The number of carbonyl (C=O) groups is 2. The van der Waals surface area contributed by atoms with E-state index in [-0.39, 0.29) is 28.0 Å². The van der Waals surface area contributed by atoms with Crippen molar-refractivity contribution in [2.75, 3.05) is 19.8 Å². The van der Waals surface area contributed by atoms with E-state index >= 15 is 0 Å². The molecule has 2 N–H and O–H groups in total. The summed E-state index contributed by atoms with van der Waals surface area (Å²) in [7, 11) is 0. The van der Waals surface area contributed by atoms with Crippen molar-refractivity contribution < 1.29 is 23.8 Å². The van der Waals surface area contributed by atoms with Crippen LogP contribution in [0.3, 0.4) is 0 Å². The third kappa shape index (κ3) is 4.47. The number of amides is 2. The quantitative estimate of drug-likeness (QED) is 0.597. The zero-order valence-electron chi connectivity index (χ0n) is 16.3. The predicted octanol–water partition coefficient (Wildman–Crippen LogP) is 4.37. The highest BCUT2D eigenvalue weighted by Gasteiger charge is 2.36. The van der Waals surface area contributed by atoms with Gasteiger partial charge in [-0.25, -0.2) is 9.59 Å². The lowest BCUT2D eigenvalue weighted by molar-refractivity contribution is -0.139. The van der Waals surface area contributed by atoms with Crippen LogP contribution in [0.2, 0.25) is 10.0 Å². The van der Waals surface area contributed by atoms with Gasteiger partial charge in [0.2, 0.25) is 0 Å². The summed E-state index contributed by atoms with van der Waals surface area (Å²) in [5.74, 6) is 0.0394. The van der Waals surface area contributed by atoms with E-state index in [1.807, 2.05) is 13.8 Å². The fraction of sp³-hybridized carbons (Fsp3) is 0.474. The maximum absolute atomic E-state index is 12.7. The van der Waals surface area contributed by atoms with Crippen LogP contribution < -0.4 is 20.1 Å². The molecule has 28 heavy (non-hydrogen) atoms. The Morgan fingerprint density at radius 1 is 1.07 bits per heavy atom. The topological polar surface area (TPSA) is 85.9 Å². The van der Waals surface area contributed by atoms with Gasteiger partial charge in [0, 0.05) is 11.3 Å². The molecule has 0 saturated heterocycles. The van der Waals surface area contributed by atoms with Gasteiger partial charge in [0.25, 0.3) is 0 Å². The molecule has 1 aromatic rings. The standard InChI is InChI=1S/C19H24Cl2N2O5/c1-5-12-13(18(24)28-8-4)15(23-19(25)22-12)10-9-11(20)17(27-7-3)14(21)16(10)26-6-2/h9,15H,5-8H2,1-4H3,(H2,22,23,25). The highest BCUT2D eigenvalue weighted by Crippen LogP contribution is 2.46. The summed E-state index contributed by atoms with van der Waals surface area (Å²) in [5, 5.41) is 5.84. The summed E-state index contributed by atoms with van der Waals surface area (Å²) >= 11 is 12.9. The van der Waals surface area contributed by atoms with Gasteiger partial charge in [-0.1, -0.05) is 30.1 Å². The number of hydrogen-bond acceptors (Lipinski definition) is 5. The van der Waals surface area contributed by atoms with Crippen molar-refractivity contribution in [3.8, 4) is 11.5 Å². The van der Waals surface area contributed by atoms with Crippen molar-refractivity contribution in [3.63, 3.8) is 0 Å². The second-order valence-electron chi connectivity index (χ2n) is 5.78. The van der Waals surface area contributed by atoms with E-state index in [0.717, 1.165) is 0 Å². The van der Waals surface area contributed by atoms with E-state index in [4.69, 9.17) is 37.4 Å². The Labute approximate surface area is 174 Å². The first-order valence-electron chi connectivity index (χ1n) is 9.14. The van der Waals surface area contributed by atoms with Crippen molar-refractivity contribution in [1.82, 2.24) is 10.6 Å². The normalized spacial score (nSPS) is 16.4. The molecule has 7 nitrogen and oxygen atoms in total. The molecule has 0 bridgehead atoms. The molecule has 0 fully saturated rings. The van der Waals surface area contributed by atoms with E-state index in [9.17, 15) is 9.59 Å². The second kappa shape index (κ2) is 9.89. The average Bonchev–Trinajstić information content (AvgIpc) is 2.66. The summed E-state index contributed by atoms with van der Waals surface area (Å²) in [6, 6.07) is 0.306. The summed E-state index contributed by atoms with van der Waals surface area (Å²) in [5.41, 5.74) is 1.20. The number of halogens is 2. The minimum atomic E-state index is -0.838. The lowest BCUT2D eigenvalue weighted by atomic mass is 9.93. The van der Waals surface area contributed by atoms with Gasteiger partial charge in [-0.15, -0.1) is 0 Å². The predicted molar refractivity (Wildman–Crippen MR) is 107 cm³/mol. The van der Waals surface area contributed by atoms with E-state index in [0.29, 0.717) is 36.6 Å². The Hall–Kier alpha value is -2.12. The summed E-state index contributed by atoms with van der Waals surface area (Å²) < 4.78 is 16.5. The summed E-state index contributed by atoms with van der Waals surface area (Å²) in [6.45, 7) is 8.03. The lowest BCUT2D eigenvalue weighted by Crippen LogP contribution is -2.46. The van der Waals surface area contributed by atoms with Crippen LogP contribution in [0.15, 0.2) is 17.3 Å². The maximum atomic E-state index is 12.7. The molecule has 0 spiro atoms. The number of hydrogen-bond donors (Lipinski definition) is 2. The molecular weight excluding hydrogens is 407 g/mol. The number of allylic oxidation sites excluding steroid dienone is 1. The first kappa shape index (κ1) is 22.2. The first-order chi connectivity index (χ1) is 13.4. The van der Waals surface area contributed by atoms with Crippen LogP contribution in [-0.4, -0.2) is 31.8 Å². The van der Waals surface area contributed by atoms with Gasteiger partial charge in [-0.05, 0) is 33.3 Å². The first-order valence-corrected chi connectivity index (χ1v) is 9.90. The van der Waals surface area contributed by atoms with E-state index < -0.39 is 18.0 Å². The molecule has 1 heterocycles. The Morgan fingerprint density at radius 3 is 2.29 bits per heavy atom. The largest absolute Gasteiger partial charge is 0.492 e. The molecule has 1 aliphatic rings. The smallest absolute Gasteiger partial charge is 0.338 e. The van der Waals surface area contributed by atoms with Gasteiger partial charge >= 0.3 is 12.0 Å². The third-order valence-corrected chi connectivity index (χ3v) is 4.67. The number of urea groups is 1. The van der Waals surface area contributed by atoms with Crippen LogP contribution >= 0.6 is 23.2 Å². The van der Waals surface area contributed by atoms with Crippen LogP contribution in [0.4, 0.5) is 4.79 Å². The molecule has 1 atom stereocenters. The van der Waals surface area contributed by atoms with Crippen molar-refractivity contribution in [3.05, 3.63) is 32.9 Å². The third-order valence-electron chi connectivity index (χ3n) is 4.05. The van der Waals surface area contributed by atoms with Crippen LogP contribution in [0.25, 0.3) is 0 Å². The molecule has 1 unspecified atom stereocenters. The molecule has 1 aromatic carbocycles. The van der Waals surface area contributed by atoms with Crippen molar-refractivity contribution in [2.45, 2.75) is 40.2 Å². The Morgan fingerprint density at radius 2 is 1.71 bits per heavy atom. The van der Waals surface area contributed by atoms with Crippen LogP contribution in [0, 0.1) is 0 Å². The number of benzene rings is 1. The monoisotopic (exact) mass is 430 g/mol. The van der Waals surface area contributed by atoms with Crippen molar-refractivity contribution in [1.29, 1.82) is 0 Å². The second-order valence-corrected chi connectivity index (χ2v) is 6.57. The lowest BCUT2D eigenvalue weighted by Gasteiger charge is -2.30. The van der Waals surface area contributed by atoms with Gasteiger partial charge in [0.1, 0.15) is 10.8 Å². The van der Waals surface area contributed by atoms with Crippen molar-refractivity contribution in [2.24, 2.45) is 0 Å². The number of ether oxygens (including phenoxy) is 3. The van der Waals surface area contributed by atoms with Gasteiger partial charge < -0.3 is 24.8 Å². The highest BCUT2D eigenvalue weighted by molar-refractivity contribution is 6.38. The van der Waals surface area contributed by atoms with Gasteiger partial charge in [-0.2, -0.15) is 0 Å². The Balaban J connectivity index is 2.71. The molecule has 2 amide bonds. The maximum Gasteiger partial charge on any atom is 0.338 e. The molecule has 0 radical (unpaired) electrons. The minimum absolute atomic E-state index is 0.181. The molecule has 0 saturated carbocycles. The van der Waals surface area contributed by atoms with Gasteiger partial charge in [0.05, 0.1) is 36.5 Å². The fourth-order valence-electron chi connectivity index (χ4n) is 2.96. The van der Waals surface area contributed by atoms with E-state index in [1.54, 1.807) is 19.9 Å². The SMILES string of the molecule is CCOC(=O)C1=C(CC)NC(=O)NC1c1cc(Cl)c(OCC)c(Cl)c1OCC. The number of esters is 1. The molecule has 154 valence electrons. The molecular formula is C19H24Cl2N2O5.